The first kappa shape index (κ1) is 14.5. The van der Waals surface area contributed by atoms with E-state index >= 15 is 0 Å². The van der Waals surface area contributed by atoms with Crippen molar-refractivity contribution in [3.8, 4) is 0 Å². The minimum Gasteiger partial charge on any atom is -0.306 e. The standard InChI is InChI=1S/C16H23N3O2/c1-2-15(13-4-3-5-14(10-13)19(20)21)17-16-11-18-8-6-12(16)7-9-18/h3-5,10,12,15-17H,2,6-9,11H2,1H3. The second-order valence-electron chi connectivity index (χ2n) is 6.22. The molecule has 1 aromatic rings. The molecule has 0 radical (unpaired) electrons. The number of hydrogen-bond donors (Lipinski definition) is 1. The summed E-state index contributed by atoms with van der Waals surface area (Å²) in [5.41, 5.74) is 1.21. The molecule has 2 atom stereocenters. The lowest BCUT2D eigenvalue weighted by Gasteiger charge is -2.46. The molecule has 5 heteroatoms. The van der Waals surface area contributed by atoms with Gasteiger partial charge in [0, 0.05) is 30.8 Å². The summed E-state index contributed by atoms with van der Waals surface area (Å²) < 4.78 is 0. The van der Waals surface area contributed by atoms with Crippen LogP contribution in [0.25, 0.3) is 0 Å². The van der Waals surface area contributed by atoms with E-state index < -0.39 is 0 Å². The average molecular weight is 289 g/mol. The first-order chi connectivity index (χ1) is 10.2. The molecule has 0 aliphatic carbocycles. The van der Waals surface area contributed by atoms with Crippen LogP contribution in [0.5, 0.6) is 0 Å². The normalized spacial score (nSPS) is 29.3. The third-order valence-electron chi connectivity index (χ3n) is 4.96. The molecule has 0 amide bonds. The van der Waals surface area contributed by atoms with Crippen LogP contribution in [0.3, 0.4) is 0 Å². The molecule has 0 spiro atoms. The lowest BCUT2D eigenvalue weighted by Crippen LogP contribution is -2.56. The van der Waals surface area contributed by atoms with Gasteiger partial charge in [0.15, 0.2) is 0 Å². The summed E-state index contributed by atoms with van der Waals surface area (Å²) in [6, 6.07) is 7.78. The minimum atomic E-state index is -0.315. The second kappa shape index (κ2) is 6.12. The van der Waals surface area contributed by atoms with Gasteiger partial charge in [-0.25, -0.2) is 0 Å². The highest BCUT2D eigenvalue weighted by Crippen LogP contribution is 2.30. The summed E-state index contributed by atoms with van der Waals surface area (Å²) >= 11 is 0. The van der Waals surface area contributed by atoms with Gasteiger partial charge in [-0.1, -0.05) is 19.1 Å². The number of nitro groups is 1. The van der Waals surface area contributed by atoms with Crippen molar-refractivity contribution < 1.29 is 4.92 Å². The molecule has 1 aromatic carbocycles. The first-order valence-corrected chi connectivity index (χ1v) is 7.90. The zero-order chi connectivity index (χ0) is 14.8. The Morgan fingerprint density at radius 1 is 1.43 bits per heavy atom. The average Bonchev–Trinajstić information content (AvgIpc) is 2.54. The van der Waals surface area contributed by atoms with Crippen LogP contribution in [0, 0.1) is 16.0 Å². The van der Waals surface area contributed by atoms with Crippen LogP contribution < -0.4 is 5.32 Å². The van der Waals surface area contributed by atoms with Crippen molar-refractivity contribution >= 4 is 5.69 Å². The molecule has 21 heavy (non-hydrogen) atoms. The molecule has 0 aromatic heterocycles. The number of hydrogen-bond acceptors (Lipinski definition) is 4. The maximum Gasteiger partial charge on any atom is 0.269 e. The second-order valence-corrected chi connectivity index (χ2v) is 6.22. The third-order valence-corrected chi connectivity index (χ3v) is 4.96. The van der Waals surface area contributed by atoms with Gasteiger partial charge in [-0.2, -0.15) is 0 Å². The predicted molar refractivity (Wildman–Crippen MR) is 82.2 cm³/mol. The SMILES string of the molecule is CCC(NC1CN2CCC1CC2)c1cccc([N+](=O)[O-])c1. The quantitative estimate of drug-likeness (QED) is 0.669. The highest BCUT2D eigenvalue weighted by molar-refractivity contribution is 5.35. The van der Waals surface area contributed by atoms with Crippen LogP contribution in [-0.4, -0.2) is 35.5 Å². The lowest BCUT2D eigenvalue weighted by molar-refractivity contribution is -0.384. The van der Waals surface area contributed by atoms with Gasteiger partial charge in [0.1, 0.15) is 0 Å². The molecule has 2 bridgehead atoms. The van der Waals surface area contributed by atoms with Gasteiger partial charge in [0.25, 0.3) is 5.69 Å². The lowest BCUT2D eigenvalue weighted by atomic mass is 9.83. The summed E-state index contributed by atoms with van der Waals surface area (Å²) in [5.74, 6) is 0.766. The number of non-ortho nitro benzene ring substituents is 1. The van der Waals surface area contributed by atoms with Gasteiger partial charge in [-0.05, 0) is 43.8 Å². The van der Waals surface area contributed by atoms with Gasteiger partial charge >= 0.3 is 0 Å². The summed E-state index contributed by atoms with van der Waals surface area (Å²) in [7, 11) is 0. The topological polar surface area (TPSA) is 58.4 Å². The highest BCUT2D eigenvalue weighted by atomic mass is 16.6. The van der Waals surface area contributed by atoms with E-state index in [1.54, 1.807) is 18.2 Å². The molecule has 5 nitrogen and oxygen atoms in total. The number of benzene rings is 1. The molecule has 3 fully saturated rings. The van der Waals surface area contributed by atoms with Crippen molar-refractivity contribution in [3.05, 3.63) is 39.9 Å². The summed E-state index contributed by atoms with van der Waals surface area (Å²) in [5, 5.41) is 14.7. The largest absolute Gasteiger partial charge is 0.306 e. The van der Waals surface area contributed by atoms with Crippen molar-refractivity contribution in [2.75, 3.05) is 19.6 Å². The Morgan fingerprint density at radius 2 is 2.19 bits per heavy atom. The molecular weight excluding hydrogens is 266 g/mol. The number of nitrogens with one attached hydrogen (secondary N) is 1. The van der Waals surface area contributed by atoms with E-state index in [9.17, 15) is 10.1 Å². The van der Waals surface area contributed by atoms with E-state index in [4.69, 9.17) is 0 Å². The molecular formula is C16H23N3O2. The molecule has 1 N–H and O–H groups in total. The van der Waals surface area contributed by atoms with E-state index in [0.717, 1.165) is 24.4 Å². The van der Waals surface area contributed by atoms with Crippen molar-refractivity contribution in [2.24, 2.45) is 5.92 Å². The zero-order valence-electron chi connectivity index (χ0n) is 12.5. The fraction of sp³-hybridized carbons (Fsp3) is 0.625. The molecule has 3 saturated heterocycles. The van der Waals surface area contributed by atoms with Crippen LogP contribution in [0.4, 0.5) is 5.69 Å². The maximum atomic E-state index is 10.9. The van der Waals surface area contributed by atoms with E-state index in [1.807, 2.05) is 6.07 Å². The Kier molecular flexibility index (Phi) is 4.22. The van der Waals surface area contributed by atoms with Crippen LogP contribution in [0.15, 0.2) is 24.3 Å². The highest BCUT2D eigenvalue weighted by Gasteiger charge is 2.35. The molecule has 3 aliphatic rings. The van der Waals surface area contributed by atoms with Crippen molar-refractivity contribution in [3.63, 3.8) is 0 Å². The number of fused-ring (bicyclic) bond motifs is 3. The minimum absolute atomic E-state index is 0.182. The van der Waals surface area contributed by atoms with E-state index in [0.29, 0.717) is 6.04 Å². The summed E-state index contributed by atoms with van der Waals surface area (Å²) in [4.78, 5) is 13.1. The fourth-order valence-corrected chi connectivity index (χ4v) is 3.72. The predicted octanol–water partition coefficient (Wildman–Crippen LogP) is 2.73. The van der Waals surface area contributed by atoms with E-state index in [-0.39, 0.29) is 16.7 Å². The van der Waals surface area contributed by atoms with E-state index in [2.05, 4.69) is 17.1 Å². The molecule has 4 rings (SSSR count). The monoisotopic (exact) mass is 289 g/mol. The smallest absolute Gasteiger partial charge is 0.269 e. The van der Waals surface area contributed by atoms with Gasteiger partial charge < -0.3 is 10.2 Å². The Morgan fingerprint density at radius 3 is 2.76 bits per heavy atom. The number of rotatable bonds is 5. The summed E-state index contributed by atoms with van der Waals surface area (Å²) in [6.45, 7) is 5.72. The Balaban J connectivity index is 1.73. The fourth-order valence-electron chi connectivity index (χ4n) is 3.72. The van der Waals surface area contributed by atoms with Gasteiger partial charge in [0.2, 0.25) is 0 Å². The zero-order valence-corrected chi connectivity index (χ0v) is 12.5. The van der Waals surface area contributed by atoms with Crippen LogP contribution in [0.2, 0.25) is 0 Å². The first-order valence-electron chi connectivity index (χ1n) is 7.90. The molecule has 0 saturated carbocycles. The molecule has 3 heterocycles. The molecule has 2 unspecified atom stereocenters. The van der Waals surface area contributed by atoms with Gasteiger partial charge in [-0.3, -0.25) is 10.1 Å². The Labute approximate surface area is 125 Å². The van der Waals surface area contributed by atoms with E-state index in [1.165, 1.54) is 25.9 Å². The molecule has 114 valence electrons. The summed E-state index contributed by atoms with van der Waals surface area (Å²) in [6.07, 6.45) is 3.51. The third kappa shape index (κ3) is 3.09. The van der Waals surface area contributed by atoms with Gasteiger partial charge in [-0.15, -0.1) is 0 Å². The Hall–Kier alpha value is -1.46. The van der Waals surface area contributed by atoms with Crippen LogP contribution in [0.1, 0.15) is 37.8 Å². The number of nitrogens with zero attached hydrogens (tertiary/aromatic N) is 2. The molecule has 3 aliphatic heterocycles. The maximum absolute atomic E-state index is 10.9. The van der Waals surface area contributed by atoms with Crippen LogP contribution >= 0.6 is 0 Å². The number of nitro benzene ring substituents is 1. The van der Waals surface area contributed by atoms with Crippen molar-refractivity contribution in [1.29, 1.82) is 0 Å². The Bertz CT molecular complexity index is 512. The van der Waals surface area contributed by atoms with Gasteiger partial charge in [0.05, 0.1) is 4.92 Å². The number of piperidine rings is 3. The van der Waals surface area contributed by atoms with Crippen LogP contribution in [-0.2, 0) is 0 Å². The van der Waals surface area contributed by atoms with Crippen molar-refractivity contribution in [2.45, 2.75) is 38.3 Å². The van der Waals surface area contributed by atoms with Crippen molar-refractivity contribution in [1.82, 2.24) is 10.2 Å².